The Kier molecular flexibility index (Phi) is 5.15. The van der Waals surface area contributed by atoms with E-state index in [1.807, 2.05) is 23.6 Å². The van der Waals surface area contributed by atoms with Crippen LogP contribution in [0.3, 0.4) is 0 Å². The number of carboxylic acids is 1. The average molecular weight is 468 g/mol. The van der Waals surface area contributed by atoms with E-state index in [0.29, 0.717) is 28.5 Å². The molecule has 3 aromatic heterocycles. The highest BCUT2D eigenvalue weighted by molar-refractivity contribution is 7.99. The number of pyridine rings is 1. The molecule has 0 unspecified atom stereocenters. The van der Waals surface area contributed by atoms with Crippen molar-refractivity contribution in [3.8, 4) is 16.2 Å². The SMILES string of the molecule is COc1ccc2c(Cc3cc(=O)n4c(c3-c3cccs3)SC[C@H]4C(=O)O)cc(=O)oc2c1. The molecule has 0 spiro atoms. The molecule has 0 bridgehead atoms. The van der Waals surface area contributed by atoms with Crippen molar-refractivity contribution in [2.45, 2.75) is 17.5 Å². The van der Waals surface area contributed by atoms with E-state index in [-0.39, 0.29) is 5.56 Å². The second kappa shape index (κ2) is 7.99. The van der Waals surface area contributed by atoms with E-state index in [1.54, 1.807) is 12.1 Å². The van der Waals surface area contributed by atoms with E-state index < -0.39 is 17.6 Å². The zero-order valence-corrected chi connectivity index (χ0v) is 18.5. The molecule has 0 saturated carbocycles. The summed E-state index contributed by atoms with van der Waals surface area (Å²) in [6, 6.07) is 11.2. The number of nitrogens with zero attached hydrogens (tertiary/aromatic N) is 1. The standard InChI is InChI=1S/C23H17NO6S2/c1-29-14-4-5-15-12(9-20(26)30-17(15)10-14)7-13-8-19(25)24-16(23(27)28)11-32-22(24)21(13)18-3-2-6-31-18/h2-6,8-10,16H,7,11H2,1H3,(H,27,28)/t16-/m0/s1. The predicted octanol–water partition coefficient (Wildman–Crippen LogP) is 4.01. The molecule has 0 amide bonds. The lowest BCUT2D eigenvalue weighted by molar-refractivity contribution is -0.140. The van der Waals surface area contributed by atoms with Gasteiger partial charge in [0.25, 0.3) is 5.56 Å². The number of thiophene rings is 1. The maximum atomic E-state index is 13.0. The maximum absolute atomic E-state index is 13.0. The van der Waals surface area contributed by atoms with Gasteiger partial charge in [0.05, 0.1) is 12.1 Å². The van der Waals surface area contributed by atoms with Gasteiger partial charge in [-0.05, 0) is 41.1 Å². The first-order valence-electron chi connectivity index (χ1n) is 9.75. The summed E-state index contributed by atoms with van der Waals surface area (Å²) < 4.78 is 12.0. The molecule has 7 nitrogen and oxygen atoms in total. The van der Waals surface area contributed by atoms with Gasteiger partial charge in [-0.2, -0.15) is 0 Å². The number of hydrogen-bond acceptors (Lipinski definition) is 7. The Morgan fingerprint density at radius 1 is 1.22 bits per heavy atom. The van der Waals surface area contributed by atoms with Gasteiger partial charge in [-0.3, -0.25) is 9.36 Å². The van der Waals surface area contributed by atoms with Crippen LogP contribution >= 0.6 is 23.1 Å². The minimum Gasteiger partial charge on any atom is -0.497 e. The molecular weight excluding hydrogens is 450 g/mol. The van der Waals surface area contributed by atoms with Crippen molar-refractivity contribution in [2.24, 2.45) is 0 Å². The highest BCUT2D eigenvalue weighted by atomic mass is 32.2. The quantitative estimate of drug-likeness (QED) is 0.443. The number of ether oxygens (including phenoxy) is 1. The molecule has 32 heavy (non-hydrogen) atoms. The lowest BCUT2D eigenvalue weighted by atomic mass is 9.98. The summed E-state index contributed by atoms with van der Waals surface area (Å²) >= 11 is 2.89. The topological polar surface area (TPSA) is 98.7 Å². The minimum atomic E-state index is -1.02. The molecule has 0 radical (unpaired) electrons. The van der Waals surface area contributed by atoms with Crippen molar-refractivity contribution >= 4 is 40.0 Å². The van der Waals surface area contributed by atoms with E-state index in [0.717, 1.165) is 27.0 Å². The van der Waals surface area contributed by atoms with E-state index >= 15 is 0 Å². The number of aromatic nitrogens is 1. The van der Waals surface area contributed by atoms with Crippen LogP contribution in [0.2, 0.25) is 0 Å². The Hall–Kier alpha value is -3.30. The Morgan fingerprint density at radius 2 is 2.06 bits per heavy atom. The summed E-state index contributed by atoms with van der Waals surface area (Å²) in [5.41, 5.74) is 1.85. The van der Waals surface area contributed by atoms with Crippen molar-refractivity contribution < 1.29 is 19.1 Å². The third kappa shape index (κ3) is 3.43. The molecule has 4 aromatic rings. The number of thioether (sulfide) groups is 1. The van der Waals surface area contributed by atoms with Gasteiger partial charge in [-0.15, -0.1) is 23.1 Å². The molecule has 0 fully saturated rings. The molecule has 1 aliphatic heterocycles. The number of hydrogen-bond donors (Lipinski definition) is 1. The number of fused-ring (bicyclic) bond motifs is 2. The van der Waals surface area contributed by atoms with Gasteiger partial charge in [0.2, 0.25) is 0 Å². The van der Waals surface area contributed by atoms with Crippen molar-refractivity contribution in [1.82, 2.24) is 4.57 Å². The van der Waals surface area contributed by atoms with Gasteiger partial charge in [0, 0.05) is 39.8 Å². The molecule has 1 aromatic carbocycles. The number of aliphatic carboxylic acids is 1. The third-order valence-electron chi connectivity index (χ3n) is 5.45. The second-order valence-electron chi connectivity index (χ2n) is 7.33. The van der Waals surface area contributed by atoms with Crippen LogP contribution in [-0.4, -0.2) is 28.5 Å². The predicted molar refractivity (Wildman–Crippen MR) is 123 cm³/mol. The van der Waals surface area contributed by atoms with Crippen LogP contribution in [0.15, 0.2) is 66.9 Å². The number of methoxy groups -OCH3 is 1. The molecule has 0 aliphatic carbocycles. The van der Waals surface area contributed by atoms with Crippen LogP contribution in [0.4, 0.5) is 0 Å². The summed E-state index contributed by atoms with van der Waals surface area (Å²) in [4.78, 5) is 37.8. The molecule has 1 N–H and O–H groups in total. The van der Waals surface area contributed by atoms with Gasteiger partial charge in [0.1, 0.15) is 17.4 Å². The summed E-state index contributed by atoms with van der Waals surface area (Å²) in [5.74, 6) is -0.155. The zero-order chi connectivity index (χ0) is 22.4. The van der Waals surface area contributed by atoms with Gasteiger partial charge < -0.3 is 14.3 Å². The molecule has 1 aliphatic rings. The van der Waals surface area contributed by atoms with Crippen molar-refractivity contribution in [2.75, 3.05) is 12.9 Å². The smallest absolute Gasteiger partial charge is 0.336 e. The molecule has 4 heterocycles. The third-order valence-corrected chi connectivity index (χ3v) is 7.49. The van der Waals surface area contributed by atoms with Crippen LogP contribution in [0.5, 0.6) is 5.75 Å². The largest absolute Gasteiger partial charge is 0.497 e. The Balaban J connectivity index is 1.72. The monoisotopic (exact) mass is 467 g/mol. The number of carbonyl (C=O) groups is 1. The van der Waals surface area contributed by atoms with Crippen molar-refractivity contribution in [1.29, 1.82) is 0 Å². The molecule has 9 heteroatoms. The molecule has 5 rings (SSSR count). The van der Waals surface area contributed by atoms with Gasteiger partial charge in [-0.1, -0.05) is 6.07 Å². The summed E-state index contributed by atoms with van der Waals surface area (Å²) in [6.45, 7) is 0. The van der Waals surface area contributed by atoms with E-state index in [2.05, 4.69) is 0 Å². The fraction of sp³-hybridized carbons (Fsp3) is 0.174. The molecule has 0 saturated heterocycles. The zero-order valence-electron chi connectivity index (χ0n) is 16.9. The Labute approximate surface area is 189 Å². The van der Waals surface area contributed by atoms with Crippen LogP contribution in [-0.2, 0) is 11.2 Å². The average Bonchev–Trinajstić information content (AvgIpc) is 3.44. The second-order valence-corrected chi connectivity index (χ2v) is 9.29. The lowest BCUT2D eigenvalue weighted by Crippen LogP contribution is -2.29. The Bertz CT molecular complexity index is 1470. The van der Waals surface area contributed by atoms with Crippen LogP contribution in [0.25, 0.3) is 21.4 Å². The fourth-order valence-corrected chi connectivity index (χ4v) is 6.23. The summed E-state index contributed by atoms with van der Waals surface area (Å²) in [5, 5.41) is 12.9. The normalized spacial score (nSPS) is 15.1. The molecular formula is C23H17NO6S2. The van der Waals surface area contributed by atoms with Gasteiger partial charge >= 0.3 is 11.6 Å². The number of benzene rings is 1. The summed E-state index contributed by atoms with van der Waals surface area (Å²) in [6.07, 6.45) is 0.322. The molecule has 1 atom stereocenters. The van der Waals surface area contributed by atoms with E-state index in [9.17, 15) is 19.5 Å². The first-order valence-corrected chi connectivity index (χ1v) is 11.6. The highest BCUT2D eigenvalue weighted by Gasteiger charge is 2.33. The van der Waals surface area contributed by atoms with Crippen molar-refractivity contribution in [3.63, 3.8) is 0 Å². The fourth-order valence-electron chi connectivity index (χ4n) is 4.01. The Morgan fingerprint density at radius 3 is 2.78 bits per heavy atom. The first kappa shape index (κ1) is 20.6. The lowest BCUT2D eigenvalue weighted by Gasteiger charge is -2.16. The van der Waals surface area contributed by atoms with Crippen LogP contribution in [0, 0.1) is 0 Å². The van der Waals surface area contributed by atoms with Crippen LogP contribution in [0.1, 0.15) is 17.2 Å². The van der Waals surface area contributed by atoms with Crippen LogP contribution < -0.4 is 15.9 Å². The highest BCUT2D eigenvalue weighted by Crippen LogP contribution is 2.43. The maximum Gasteiger partial charge on any atom is 0.336 e. The van der Waals surface area contributed by atoms with Crippen molar-refractivity contribution in [3.05, 3.63) is 79.7 Å². The van der Waals surface area contributed by atoms with E-state index in [1.165, 1.54) is 46.9 Å². The minimum absolute atomic E-state index is 0.296. The first-order chi connectivity index (χ1) is 15.5. The molecule has 162 valence electrons. The number of rotatable bonds is 5. The summed E-state index contributed by atoms with van der Waals surface area (Å²) in [7, 11) is 1.54. The van der Waals surface area contributed by atoms with E-state index in [4.69, 9.17) is 9.15 Å². The number of carboxylic acid groups (broad SMARTS) is 1. The van der Waals surface area contributed by atoms with Gasteiger partial charge in [0.15, 0.2) is 0 Å². The van der Waals surface area contributed by atoms with Gasteiger partial charge in [-0.25, -0.2) is 9.59 Å².